The van der Waals surface area contributed by atoms with Crippen LogP contribution in [0.2, 0.25) is 5.02 Å². The van der Waals surface area contributed by atoms with Crippen molar-refractivity contribution >= 4 is 45.9 Å². The van der Waals surface area contributed by atoms with Crippen molar-refractivity contribution < 1.29 is 19.5 Å². The summed E-state index contributed by atoms with van der Waals surface area (Å²) in [6.45, 7) is 0.770. The number of aliphatic carboxylic acids is 1. The summed E-state index contributed by atoms with van der Waals surface area (Å²) in [7, 11) is 0. The first-order chi connectivity index (χ1) is 15.4. The van der Waals surface area contributed by atoms with Crippen LogP contribution in [-0.2, 0) is 14.4 Å². The zero-order chi connectivity index (χ0) is 22.7. The Morgan fingerprint density at radius 3 is 2.66 bits per heavy atom. The number of benzene rings is 1. The molecule has 7 nitrogen and oxygen atoms in total. The minimum atomic E-state index is -1.09. The summed E-state index contributed by atoms with van der Waals surface area (Å²) < 4.78 is 0. The van der Waals surface area contributed by atoms with E-state index in [4.69, 9.17) is 11.6 Å². The van der Waals surface area contributed by atoms with Crippen LogP contribution in [0.5, 0.6) is 0 Å². The summed E-state index contributed by atoms with van der Waals surface area (Å²) in [5.41, 5.74) is 1.44. The van der Waals surface area contributed by atoms with Gasteiger partial charge in [-0.1, -0.05) is 42.6 Å². The number of anilines is 1. The van der Waals surface area contributed by atoms with Crippen LogP contribution in [0.25, 0.3) is 11.3 Å². The highest BCUT2D eigenvalue weighted by Crippen LogP contribution is 2.34. The number of hydrogen-bond donors (Lipinski definition) is 1. The van der Waals surface area contributed by atoms with Crippen molar-refractivity contribution in [1.82, 2.24) is 9.88 Å². The molecule has 0 spiro atoms. The summed E-state index contributed by atoms with van der Waals surface area (Å²) in [6.07, 6.45) is 4.63. The number of rotatable bonds is 6. The Morgan fingerprint density at radius 1 is 1.19 bits per heavy atom. The maximum atomic E-state index is 13.6. The van der Waals surface area contributed by atoms with Gasteiger partial charge in [0.2, 0.25) is 5.91 Å². The average molecular weight is 476 g/mol. The second-order valence-electron chi connectivity index (χ2n) is 8.40. The van der Waals surface area contributed by atoms with E-state index < -0.39 is 18.4 Å². The first kappa shape index (κ1) is 22.7. The van der Waals surface area contributed by atoms with Gasteiger partial charge in [0.1, 0.15) is 6.04 Å². The molecule has 1 atom stereocenters. The molecule has 32 heavy (non-hydrogen) atoms. The number of amides is 2. The normalized spacial score (nSPS) is 20.5. The van der Waals surface area contributed by atoms with E-state index in [9.17, 15) is 19.5 Å². The van der Waals surface area contributed by atoms with E-state index in [2.05, 4.69) is 4.98 Å². The second-order valence-corrected chi connectivity index (χ2v) is 9.64. The molecule has 0 radical (unpaired) electrons. The fourth-order valence-corrected chi connectivity index (χ4v) is 5.65. The van der Waals surface area contributed by atoms with Crippen molar-refractivity contribution in [2.75, 3.05) is 18.0 Å². The molecule has 2 heterocycles. The van der Waals surface area contributed by atoms with Crippen LogP contribution in [0.15, 0.2) is 29.6 Å². The van der Waals surface area contributed by atoms with Crippen molar-refractivity contribution in [3.63, 3.8) is 0 Å². The molecule has 0 unspecified atom stereocenters. The number of carboxylic acid groups (broad SMARTS) is 1. The zero-order valence-corrected chi connectivity index (χ0v) is 19.3. The smallest absolute Gasteiger partial charge is 0.305 e. The van der Waals surface area contributed by atoms with Gasteiger partial charge in [0, 0.05) is 35.5 Å². The van der Waals surface area contributed by atoms with E-state index in [1.54, 1.807) is 11.0 Å². The van der Waals surface area contributed by atoms with Crippen molar-refractivity contribution in [3.05, 3.63) is 34.7 Å². The predicted octanol–water partition coefficient (Wildman–Crippen LogP) is 4.45. The number of carboxylic acids is 1. The molecule has 1 aromatic heterocycles. The Bertz CT molecular complexity index is 1000. The molecular formula is C23H26ClN3O4S. The summed E-state index contributed by atoms with van der Waals surface area (Å²) in [4.78, 5) is 45.8. The molecule has 2 aliphatic rings. The van der Waals surface area contributed by atoms with Crippen LogP contribution in [0, 0.1) is 5.92 Å². The molecule has 9 heteroatoms. The lowest BCUT2D eigenvalue weighted by atomic mass is 10.0. The van der Waals surface area contributed by atoms with Gasteiger partial charge >= 0.3 is 5.97 Å². The van der Waals surface area contributed by atoms with E-state index >= 15 is 0 Å². The summed E-state index contributed by atoms with van der Waals surface area (Å²) >= 11 is 7.62. The van der Waals surface area contributed by atoms with Crippen LogP contribution in [0.3, 0.4) is 0 Å². The van der Waals surface area contributed by atoms with Crippen molar-refractivity contribution in [2.24, 2.45) is 5.92 Å². The quantitative estimate of drug-likeness (QED) is 0.666. The van der Waals surface area contributed by atoms with Crippen LogP contribution >= 0.6 is 22.9 Å². The Balaban J connectivity index is 1.63. The topological polar surface area (TPSA) is 90.8 Å². The van der Waals surface area contributed by atoms with Crippen molar-refractivity contribution in [3.8, 4) is 11.3 Å². The third kappa shape index (κ3) is 4.96. The number of thiazole rings is 1. The molecule has 1 saturated heterocycles. The van der Waals surface area contributed by atoms with Crippen LogP contribution in [0.1, 0.15) is 44.9 Å². The zero-order valence-electron chi connectivity index (χ0n) is 17.7. The Labute approximate surface area is 196 Å². The largest absolute Gasteiger partial charge is 0.481 e. The summed E-state index contributed by atoms with van der Waals surface area (Å²) in [6, 6.07) is 6.34. The van der Waals surface area contributed by atoms with E-state index in [-0.39, 0.29) is 18.2 Å². The minimum absolute atomic E-state index is 0.132. The Hall–Kier alpha value is -2.45. The van der Waals surface area contributed by atoms with E-state index in [1.807, 2.05) is 23.6 Å². The number of carbonyl (C=O) groups is 3. The van der Waals surface area contributed by atoms with Crippen molar-refractivity contribution in [2.45, 2.75) is 51.0 Å². The van der Waals surface area contributed by atoms with Gasteiger partial charge in [-0.3, -0.25) is 19.3 Å². The van der Waals surface area contributed by atoms with Gasteiger partial charge in [0.15, 0.2) is 5.13 Å². The van der Waals surface area contributed by atoms with Gasteiger partial charge in [-0.2, -0.15) is 0 Å². The number of hydrogen-bond acceptors (Lipinski definition) is 5. The molecule has 2 aromatic rings. The number of nitrogens with zero attached hydrogens (tertiary/aromatic N) is 3. The van der Waals surface area contributed by atoms with Gasteiger partial charge in [0.05, 0.1) is 12.1 Å². The fourth-order valence-electron chi connectivity index (χ4n) is 4.56. The monoisotopic (exact) mass is 475 g/mol. The van der Waals surface area contributed by atoms with Crippen LogP contribution in [-0.4, -0.2) is 51.9 Å². The van der Waals surface area contributed by atoms with Crippen LogP contribution in [0.4, 0.5) is 5.13 Å². The molecule has 170 valence electrons. The first-order valence-electron chi connectivity index (χ1n) is 11.0. The van der Waals surface area contributed by atoms with Gasteiger partial charge in [-0.25, -0.2) is 4.98 Å². The SMILES string of the molecule is O=C(O)C[C@@H]1C(=O)N(c2nc(-c3ccccc3Cl)cs2)CCCC(=O)N1CC1CCCC1. The molecular weight excluding hydrogens is 450 g/mol. The number of aromatic nitrogens is 1. The lowest BCUT2D eigenvalue weighted by molar-refractivity contribution is -0.147. The maximum Gasteiger partial charge on any atom is 0.305 e. The van der Waals surface area contributed by atoms with Gasteiger partial charge < -0.3 is 10.0 Å². The summed E-state index contributed by atoms with van der Waals surface area (Å²) in [5, 5.41) is 12.4. The van der Waals surface area contributed by atoms with E-state index in [1.165, 1.54) is 16.2 Å². The second kappa shape index (κ2) is 10.0. The Morgan fingerprint density at radius 2 is 1.94 bits per heavy atom. The molecule has 1 aromatic carbocycles. The summed E-state index contributed by atoms with van der Waals surface area (Å²) in [5.74, 6) is -1.28. The Kier molecular flexibility index (Phi) is 7.10. The third-order valence-electron chi connectivity index (χ3n) is 6.19. The van der Waals surface area contributed by atoms with Crippen molar-refractivity contribution in [1.29, 1.82) is 0 Å². The van der Waals surface area contributed by atoms with Gasteiger partial charge in [-0.05, 0) is 31.2 Å². The highest BCUT2D eigenvalue weighted by molar-refractivity contribution is 7.14. The van der Waals surface area contributed by atoms with Gasteiger partial charge in [0.25, 0.3) is 5.91 Å². The molecule has 4 rings (SSSR count). The lowest BCUT2D eigenvalue weighted by Gasteiger charge is -2.37. The third-order valence-corrected chi connectivity index (χ3v) is 7.38. The highest BCUT2D eigenvalue weighted by Gasteiger charge is 2.39. The highest BCUT2D eigenvalue weighted by atomic mass is 35.5. The minimum Gasteiger partial charge on any atom is -0.481 e. The molecule has 2 amide bonds. The fraction of sp³-hybridized carbons (Fsp3) is 0.478. The molecule has 0 bridgehead atoms. The molecule has 1 aliphatic carbocycles. The number of carbonyl (C=O) groups excluding carboxylic acids is 2. The first-order valence-corrected chi connectivity index (χ1v) is 12.2. The molecule has 2 fully saturated rings. The molecule has 1 N–H and O–H groups in total. The van der Waals surface area contributed by atoms with Crippen LogP contribution < -0.4 is 4.90 Å². The molecule has 1 aliphatic heterocycles. The maximum absolute atomic E-state index is 13.6. The lowest BCUT2D eigenvalue weighted by Crippen LogP contribution is -2.55. The van der Waals surface area contributed by atoms with Gasteiger partial charge in [-0.15, -0.1) is 11.3 Å². The van der Waals surface area contributed by atoms with E-state index in [0.29, 0.717) is 41.3 Å². The molecule has 1 saturated carbocycles. The average Bonchev–Trinajstić information content (AvgIpc) is 3.45. The predicted molar refractivity (Wildman–Crippen MR) is 124 cm³/mol. The standard InChI is InChI=1S/C23H26ClN3O4S/c24-17-9-4-3-8-16(17)18-14-32-23(25-18)26-11-5-10-20(28)27(13-15-6-1-2-7-15)19(22(26)31)12-21(29)30/h3-4,8-9,14-15,19H,1-2,5-7,10-13H2,(H,29,30)/t19-/m1/s1. The number of halogens is 1. The van der Waals surface area contributed by atoms with E-state index in [0.717, 1.165) is 31.2 Å².